The molecule has 26 heavy (non-hydrogen) atoms. The van der Waals surface area contributed by atoms with Crippen molar-refractivity contribution in [3.05, 3.63) is 70.9 Å². The summed E-state index contributed by atoms with van der Waals surface area (Å²) in [6.07, 6.45) is 1.91. The van der Waals surface area contributed by atoms with E-state index in [-0.39, 0.29) is 18.2 Å². The summed E-state index contributed by atoms with van der Waals surface area (Å²) < 4.78 is 0. The zero-order valence-electron chi connectivity index (χ0n) is 14.5. The number of hydrogen-bond acceptors (Lipinski definition) is 3. The number of halogens is 1. The number of anilines is 1. The third-order valence-corrected chi connectivity index (χ3v) is 4.27. The summed E-state index contributed by atoms with van der Waals surface area (Å²) in [6, 6.07) is 14.4. The van der Waals surface area contributed by atoms with Crippen LogP contribution in [0.15, 0.2) is 54.7 Å². The summed E-state index contributed by atoms with van der Waals surface area (Å²) >= 11 is 6.18. The van der Waals surface area contributed by atoms with Crippen molar-refractivity contribution in [2.45, 2.75) is 6.42 Å². The Kier molecular flexibility index (Phi) is 5.19. The summed E-state index contributed by atoms with van der Waals surface area (Å²) in [5, 5.41) is 4.11. The Morgan fingerprint density at radius 2 is 1.88 bits per heavy atom. The van der Waals surface area contributed by atoms with Gasteiger partial charge in [-0.05, 0) is 29.8 Å². The lowest BCUT2D eigenvalue weighted by Gasteiger charge is -2.13. The van der Waals surface area contributed by atoms with Crippen molar-refractivity contribution in [3.8, 4) is 0 Å². The van der Waals surface area contributed by atoms with Crippen molar-refractivity contribution >= 4 is 40.0 Å². The van der Waals surface area contributed by atoms with E-state index < -0.39 is 0 Å². The molecule has 132 valence electrons. The monoisotopic (exact) mass is 367 g/mol. The van der Waals surface area contributed by atoms with Crippen molar-refractivity contribution in [1.82, 2.24) is 9.88 Å². The number of amides is 2. The number of fused-ring (bicyclic) bond motifs is 1. The Bertz CT molecular complexity index is 980. The van der Waals surface area contributed by atoms with Gasteiger partial charge < -0.3 is 10.2 Å². The van der Waals surface area contributed by atoms with E-state index in [0.29, 0.717) is 16.3 Å². The molecule has 3 aromatic rings. The van der Waals surface area contributed by atoms with Crippen molar-refractivity contribution in [2.24, 2.45) is 0 Å². The molecule has 0 unspecified atom stereocenters. The van der Waals surface area contributed by atoms with E-state index in [1.165, 1.54) is 4.90 Å². The minimum absolute atomic E-state index is 0.175. The molecule has 1 heterocycles. The largest absolute Gasteiger partial charge is 0.345 e. The second kappa shape index (κ2) is 7.54. The number of pyridine rings is 1. The van der Waals surface area contributed by atoms with Gasteiger partial charge in [-0.25, -0.2) is 0 Å². The minimum Gasteiger partial charge on any atom is -0.345 e. The Hall–Kier alpha value is -2.92. The summed E-state index contributed by atoms with van der Waals surface area (Å²) in [5.74, 6) is -0.361. The lowest BCUT2D eigenvalue weighted by atomic mass is 10.1. The number of hydrogen-bond donors (Lipinski definition) is 1. The van der Waals surface area contributed by atoms with Crippen molar-refractivity contribution in [1.29, 1.82) is 0 Å². The number of rotatable bonds is 4. The molecule has 0 aliphatic heterocycles. The second-order valence-corrected chi connectivity index (χ2v) is 6.52. The molecule has 0 radical (unpaired) electrons. The number of benzene rings is 2. The van der Waals surface area contributed by atoms with Crippen LogP contribution in [0.25, 0.3) is 10.9 Å². The third kappa shape index (κ3) is 3.83. The highest BCUT2D eigenvalue weighted by molar-refractivity contribution is 6.34. The first-order chi connectivity index (χ1) is 12.5. The predicted octanol–water partition coefficient (Wildman–Crippen LogP) is 3.77. The maximum atomic E-state index is 12.4. The first-order valence-electron chi connectivity index (χ1n) is 8.09. The third-order valence-electron chi connectivity index (χ3n) is 3.96. The van der Waals surface area contributed by atoms with Gasteiger partial charge in [0.1, 0.15) is 0 Å². The van der Waals surface area contributed by atoms with Gasteiger partial charge in [-0.15, -0.1) is 0 Å². The molecule has 1 aromatic heterocycles. The van der Waals surface area contributed by atoms with Crippen LogP contribution in [-0.2, 0) is 11.2 Å². The molecule has 0 fully saturated rings. The van der Waals surface area contributed by atoms with Gasteiger partial charge in [0.25, 0.3) is 5.91 Å². The van der Waals surface area contributed by atoms with E-state index in [2.05, 4.69) is 10.3 Å². The van der Waals surface area contributed by atoms with Crippen LogP contribution in [0.1, 0.15) is 15.9 Å². The molecular formula is C20H18ClN3O2. The summed E-state index contributed by atoms with van der Waals surface area (Å²) in [5.41, 5.74) is 2.61. The first kappa shape index (κ1) is 17.9. The van der Waals surface area contributed by atoms with Crippen LogP contribution in [0.4, 0.5) is 5.69 Å². The number of carbonyl (C=O) groups excluding carboxylic acids is 2. The van der Waals surface area contributed by atoms with Gasteiger partial charge in [0.2, 0.25) is 5.91 Å². The standard InChI is InChI=1S/C20H18ClN3O2/c1-24(2)20(26)16-9-8-15(12-17(16)21)23-18(25)11-14-6-3-5-13-7-4-10-22-19(13)14/h3-10,12H,11H2,1-2H3,(H,23,25). The van der Waals surface area contributed by atoms with E-state index in [9.17, 15) is 9.59 Å². The van der Waals surface area contributed by atoms with Crippen LogP contribution in [0, 0.1) is 0 Å². The van der Waals surface area contributed by atoms with E-state index in [1.807, 2.05) is 30.3 Å². The van der Waals surface area contributed by atoms with E-state index >= 15 is 0 Å². The summed E-state index contributed by atoms with van der Waals surface area (Å²) in [7, 11) is 3.32. The minimum atomic E-state index is -0.185. The highest BCUT2D eigenvalue weighted by atomic mass is 35.5. The summed E-state index contributed by atoms with van der Waals surface area (Å²) in [6.45, 7) is 0. The SMILES string of the molecule is CN(C)C(=O)c1ccc(NC(=O)Cc2cccc3cccnc23)cc1Cl. The van der Waals surface area contributed by atoms with Crippen molar-refractivity contribution in [3.63, 3.8) is 0 Å². The van der Waals surface area contributed by atoms with Gasteiger partial charge in [-0.3, -0.25) is 14.6 Å². The molecule has 0 saturated carbocycles. The number of para-hydroxylation sites is 1. The normalized spacial score (nSPS) is 10.6. The smallest absolute Gasteiger partial charge is 0.254 e. The Balaban J connectivity index is 1.76. The van der Waals surface area contributed by atoms with Crippen LogP contribution < -0.4 is 5.32 Å². The first-order valence-corrected chi connectivity index (χ1v) is 8.47. The molecule has 0 aliphatic carbocycles. The predicted molar refractivity (Wildman–Crippen MR) is 104 cm³/mol. The molecule has 5 nitrogen and oxygen atoms in total. The zero-order chi connectivity index (χ0) is 18.7. The fourth-order valence-electron chi connectivity index (χ4n) is 2.70. The summed E-state index contributed by atoms with van der Waals surface area (Å²) in [4.78, 5) is 30.2. The molecule has 0 bridgehead atoms. The van der Waals surface area contributed by atoms with Gasteiger partial charge in [-0.1, -0.05) is 35.9 Å². The molecule has 1 N–H and O–H groups in total. The van der Waals surface area contributed by atoms with E-state index in [0.717, 1.165) is 16.5 Å². The maximum Gasteiger partial charge on any atom is 0.254 e. The molecule has 0 aliphatic rings. The van der Waals surface area contributed by atoms with Gasteiger partial charge in [0.05, 0.1) is 22.5 Å². The topological polar surface area (TPSA) is 62.3 Å². The number of carbonyl (C=O) groups is 2. The van der Waals surface area contributed by atoms with Crippen molar-refractivity contribution in [2.75, 3.05) is 19.4 Å². The van der Waals surface area contributed by atoms with Crippen LogP contribution >= 0.6 is 11.6 Å². The molecule has 3 rings (SSSR count). The second-order valence-electron chi connectivity index (χ2n) is 6.11. The van der Waals surface area contributed by atoms with Gasteiger partial charge >= 0.3 is 0 Å². The van der Waals surface area contributed by atoms with E-state index in [1.54, 1.807) is 38.5 Å². The lowest BCUT2D eigenvalue weighted by Crippen LogP contribution is -2.22. The zero-order valence-corrected chi connectivity index (χ0v) is 15.2. The van der Waals surface area contributed by atoms with Gasteiger partial charge in [-0.2, -0.15) is 0 Å². The average Bonchev–Trinajstić information content (AvgIpc) is 2.61. The highest BCUT2D eigenvalue weighted by Crippen LogP contribution is 2.23. The Labute approximate surface area is 156 Å². The number of aromatic nitrogens is 1. The lowest BCUT2D eigenvalue weighted by molar-refractivity contribution is -0.115. The Morgan fingerprint density at radius 1 is 1.12 bits per heavy atom. The van der Waals surface area contributed by atoms with Gasteiger partial charge in [0, 0.05) is 31.4 Å². The molecular weight excluding hydrogens is 350 g/mol. The fraction of sp³-hybridized carbons (Fsp3) is 0.150. The van der Waals surface area contributed by atoms with E-state index in [4.69, 9.17) is 11.6 Å². The molecule has 0 saturated heterocycles. The molecule has 0 spiro atoms. The maximum absolute atomic E-state index is 12.4. The van der Waals surface area contributed by atoms with Gasteiger partial charge in [0.15, 0.2) is 0 Å². The Morgan fingerprint density at radius 3 is 2.62 bits per heavy atom. The highest BCUT2D eigenvalue weighted by Gasteiger charge is 2.14. The average molecular weight is 368 g/mol. The fourth-order valence-corrected chi connectivity index (χ4v) is 2.96. The van der Waals surface area contributed by atoms with Crippen LogP contribution in [0.5, 0.6) is 0 Å². The van der Waals surface area contributed by atoms with Crippen LogP contribution in [-0.4, -0.2) is 35.8 Å². The quantitative estimate of drug-likeness (QED) is 0.763. The van der Waals surface area contributed by atoms with Crippen LogP contribution in [0.2, 0.25) is 5.02 Å². The van der Waals surface area contributed by atoms with Crippen molar-refractivity contribution < 1.29 is 9.59 Å². The molecule has 2 amide bonds. The molecule has 6 heteroatoms. The number of nitrogens with zero attached hydrogens (tertiary/aromatic N) is 2. The molecule has 0 atom stereocenters. The van der Waals surface area contributed by atoms with Crippen LogP contribution in [0.3, 0.4) is 0 Å². The number of nitrogens with one attached hydrogen (secondary N) is 1. The molecule has 2 aromatic carbocycles.